The van der Waals surface area contributed by atoms with E-state index in [4.69, 9.17) is 5.26 Å². The Kier molecular flexibility index (Phi) is 5.52. The van der Waals surface area contributed by atoms with Crippen molar-refractivity contribution in [3.8, 4) is 6.07 Å². The lowest BCUT2D eigenvalue weighted by atomic mass is 10.1. The molecular weight excluding hydrogens is 329 g/mol. The molecule has 1 fully saturated rings. The quantitative estimate of drug-likeness (QED) is 0.828. The SMILES string of the molecule is CCCc1ccc(CN2CCN(c3ccc(C#N)cc3F)CC2=O)cc1. The Bertz CT molecular complexity index is 826. The first-order chi connectivity index (χ1) is 12.6. The molecule has 4 nitrogen and oxygen atoms in total. The second-order valence-electron chi connectivity index (χ2n) is 6.58. The van der Waals surface area contributed by atoms with Crippen molar-refractivity contribution in [2.24, 2.45) is 0 Å². The first kappa shape index (κ1) is 17.9. The zero-order chi connectivity index (χ0) is 18.5. The average molecular weight is 351 g/mol. The summed E-state index contributed by atoms with van der Waals surface area (Å²) >= 11 is 0. The third-order valence-corrected chi connectivity index (χ3v) is 4.67. The fourth-order valence-electron chi connectivity index (χ4n) is 3.23. The van der Waals surface area contributed by atoms with Gasteiger partial charge in [-0.15, -0.1) is 0 Å². The maximum Gasteiger partial charge on any atom is 0.242 e. The highest BCUT2D eigenvalue weighted by Gasteiger charge is 2.25. The predicted molar refractivity (Wildman–Crippen MR) is 99.2 cm³/mol. The Morgan fingerprint density at radius 2 is 1.85 bits per heavy atom. The Hall–Kier alpha value is -2.87. The minimum absolute atomic E-state index is 0.0161. The van der Waals surface area contributed by atoms with Crippen molar-refractivity contribution in [3.63, 3.8) is 0 Å². The van der Waals surface area contributed by atoms with Crippen molar-refractivity contribution in [1.29, 1.82) is 5.26 Å². The highest BCUT2D eigenvalue weighted by molar-refractivity contribution is 5.83. The molecule has 0 N–H and O–H groups in total. The number of amides is 1. The molecule has 0 saturated carbocycles. The van der Waals surface area contributed by atoms with Gasteiger partial charge >= 0.3 is 0 Å². The van der Waals surface area contributed by atoms with E-state index in [0.717, 1.165) is 18.4 Å². The lowest BCUT2D eigenvalue weighted by Gasteiger charge is -2.35. The zero-order valence-corrected chi connectivity index (χ0v) is 14.9. The van der Waals surface area contributed by atoms with Gasteiger partial charge in [0.2, 0.25) is 5.91 Å². The number of aryl methyl sites for hydroxylation is 1. The van der Waals surface area contributed by atoms with Gasteiger partial charge in [0, 0.05) is 19.6 Å². The van der Waals surface area contributed by atoms with E-state index in [1.54, 1.807) is 17.0 Å². The molecule has 0 bridgehead atoms. The summed E-state index contributed by atoms with van der Waals surface area (Å²) in [6, 6.07) is 14.7. The number of hydrogen-bond donors (Lipinski definition) is 0. The van der Waals surface area contributed by atoms with E-state index < -0.39 is 5.82 Å². The van der Waals surface area contributed by atoms with Crippen LogP contribution in [0.2, 0.25) is 0 Å². The van der Waals surface area contributed by atoms with Gasteiger partial charge in [-0.1, -0.05) is 37.6 Å². The largest absolute Gasteiger partial charge is 0.358 e. The van der Waals surface area contributed by atoms with Crippen LogP contribution in [0.3, 0.4) is 0 Å². The number of hydrogen-bond acceptors (Lipinski definition) is 3. The van der Waals surface area contributed by atoms with Crippen molar-refractivity contribution in [3.05, 3.63) is 65.0 Å². The molecule has 134 valence electrons. The minimum Gasteiger partial charge on any atom is -0.358 e. The maximum atomic E-state index is 14.2. The van der Waals surface area contributed by atoms with Crippen LogP contribution in [0, 0.1) is 17.1 Å². The second kappa shape index (κ2) is 8.01. The first-order valence-electron chi connectivity index (χ1n) is 8.91. The maximum absolute atomic E-state index is 14.2. The second-order valence-corrected chi connectivity index (χ2v) is 6.58. The fourth-order valence-corrected chi connectivity index (χ4v) is 3.23. The minimum atomic E-state index is -0.461. The van der Waals surface area contributed by atoms with E-state index in [0.29, 0.717) is 25.3 Å². The summed E-state index contributed by atoms with van der Waals surface area (Å²) in [4.78, 5) is 16.0. The molecule has 0 atom stereocenters. The first-order valence-corrected chi connectivity index (χ1v) is 8.91. The summed E-state index contributed by atoms with van der Waals surface area (Å²) < 4.78 is 14.2. The van der Waals surface area contributed by atoms with Gasteiger partial charge in [-0.3, -0.25) is 4.79 Å². The van der Waals surface area contributed by atoms with Crippen LogP contribution in [0.5, 0.6) is 0 Å². The average Bonchev–Trinajstić information content (AvgIpc) is 2.65. The molecule has 26 heavy (non-hydrogen) atoms. The number of benzene rings is 2. The van der Waals surface area contributed by atoms with E-state index in [1.165, 1.54) is 11.6 Å². The molecule has 1 amide bonds. The molecule has 1 aliphatic heterocycles. The Morgan fingerprint density at radius 3 is 2.46 bits per heavy atom. The monoisotopic (exact) mass is 351 g/mol. The molecule has 2 aromatic carbocycles. The van der Waals surface area contributed by atoms with Crippen molar-refractivity contribution < 1.29 is 9.18 Å². The number of carbonyl (C=O) groups excluding carboxylic acids is 1. The molecule has 1 aliphatic rings. The van der Waals surface area contributed by atoms with Crippen molar-refractivity contribution in [2.45, 2.75) is 26.3 Å². The third-order valence-electron chi connectivity index (χ3n) is 4.67. The summed E-state index contributed by atoms with van der Waals surface area (Å²) in [6.07, 6.45) is 2.18. The Morgan fingerprint density at radius 1 is 1.12 bits per heavy atom. The molecule has 1 heterocycles. The van der Waals surface area contributed by atoms with Crippen LogP contribution in [0.4, 0.5) is 10.1 Å². The molecule has 0 aliphatic carbocycles. The van der Waals surface area contributed by atoms with Gasteiger partial charge in [-0.2, -0.15) is 5.26 Å². The van der Waals surface area contributed by atoms with Crippen LogP contribution in [0.15, 0.2) is 42.5 Å². The van der Waals surface area contributed by atoms with Gasteiger partial charge in [0.05, 0.1) is 23.9 Å². The van der Waals surface area contributed by atoms with Crippen LogP contribution >= 0.6 is 0 Å². The van der Waals surface area contributed by atoms with Gasteiger partial charge in [-0.25, -0.2) is 4.39 Å². The fraction of sp³-hybridized carbons (Fsp3) is 0.333. The molecule has 0 unspecified atom stereocenters. The van der Waals surface area contributed by atoms with Gasteiger partial charge < -0.3 is 9.80 Å². The predicted octanol–water partition coefficient (Wildman–Crippen LogP) is 3.50. The summed E-state index contributed by atoms with van der Waals surface area (Å²) in [6.45, 7) is 4.01. The normalized spacial score (nSPS) is 14.4. The molecule has 0 spiro atoms. The Labute approximate surface area is 153 Å². The highest BCUT2D eigenvalue weighted by Crippen LogP contribution is 2.23. The van der Waals surface area contributed by atoms with Crippen molar-refractivity contribution in [1.82, 2.24) is 4.90 Å². The highest BCUT2D eigenvalue weighted by atomic mass is 19.1. The number of nitrogens with zero attached hydrogens (tertiary/aromatic N) is 3. The lowest BCUT2D eigenvalue weighted by molar-refractivity contribution is -0.131. The van der Waals surface area contributed by atoms with E-state index in [-0.39, 0.29) is 18.0 Å². The van der Waals surface area contributed by atoms with Gasteiger partial charge in [0.25, 0.3) is 0 Å². The topological polar surface area (TPSA) is 47.3 Å². The van der Waals surface area contributed by atoms with Gasteiger partial charge in [0.1, 0.15) is 5.82 Å². The third kappa shape index (κ3) is 4.02. The lowest BCUT2D eigenvalue weighted by Crippen LogP contribution is -2.50. The van der Waals surface area contributed by atoms with E-state index in [2.05, 4.69) is 31.2 Å². The van der Waals surface area contributed by atoms with Crippen LogP contribution in [0.25, 0.3) is 0 Å². The summed E-state index contributed by atoms with van der Waals surface area (Å²) in [7, 11) is 0. The number of piperazine rings is 1. The van der Waals surface area contributed by atoms with Crippen LogP contribution < -0.4 is 4.90 Å². The van der Waals surface area contributed by atoms with E-state index >= 15 is 0 Å². The number of rotatable bonds is 5. The molecule has 0 radical (unpaired) electrons. The number of carbonyl (C=O) groups is 1. The number of anilines is 1. The van der Waals surface area contributed by atoms with Crippen LogP contribution in [-0.4, -0.2) is 30.4 Å². The smallest absolute Gasteiger partial charge is 0.242 e. The Balaban J connectivity index is 1.63. The molecule has 0 aromatic heterocycles. The summed E-state index contributed by atoms with van der Waals surface area (Å²) in [5.41, 5.74) is 3.07. The van der Waals surface area contributed by atoms with Crippen LogP contribution in [0.1, 0.15) is 30.0 Å². The summed E-state index contributed by atoms with van der Waals surface area (Å²) in [5.74, 6) is -0.477. The van der Waals surface area contributed by atoms with Gasteiger partial charge in [0.15, 0.2) is 0 Å². The number of halogens is 1. The molecule has 3 rings (SSSR count). The van der Waals surface area contributed by atoms with Gasteiger partial charge in [-0.05, 0) is 35.7 Å². The molecular formula is C21H22FN3O. The van der Waals surface area contributed by atoms with Crippen molar-refractivity contribution >= 4 is 11.6 Å². The molecule has 5 heteroatoms. The zero-order valence-electron chi connectivity index (χ0n) is 14.9. The number of nitriles is 1. The molecule has 2 aromatic rings. The van der Waals surface area contributed by atoms with Crippen LogP contribution in [-0.2, 0) is 17.8 Å². The molecule has 1 saturated heterocycles. The van der Waals surface area contributed by atoms with Crippen molar-refractivity contribution in [2.75, 3.05) is 24.5 Å². The standard InChI is InChI=1S/C21H22FN3O/c1-2-3-16-4-6-17(7-5-16)14-25-11-10-24(15-21(25)26)20-9-8-18(13-23)12-19(20)22/h4-9,12H,2-3,10-11,14-15H2,1H3. The summed E-state index contributed by atoms with van der Waals surface area (Å²) in [5, 5.41) is 8.84. The van der Waals surface area contributed by atoms with E-state index in [1.807, 2.05) is 11.0 Å². The van der Waals surface area contributed by atoms with E-state index in [9.17, 15) is 9.18 Å².